The smallest absolute Gasteiger partial charge is 0.132 e. The van der Waals surface area contributed by atoms with Crippen LogP contribution in [0.3, 0.4) is 0 Å². The predicted molar refractivity (Wildman–Crippen MR) is 51.0 cm³/mol. The van der Waals surface area contributed by atoms with Crippen LogP contribution in [-0.4, -0.2) is 6.04 Å². The molecule has 2 unspecified atom stereocenters. The number of hydrogen-bond donors (Lipinski definition) is 1. The molecule has 76 valence electrons. The van der Waals surface area contributed by atoms with E-state index >= 15 is 0 Å². The second kappa shape index (κ2) is 3.31. The highest BCUT2D eigenvalue weighted by Crippen LogP contribution is 2.38. The van der Waals surface area contributed by atoms with E-state index in [0.29, 0.717) is 5.56 Å². The van der Waals surface area contributed by atoms with Gasteiger partial charge >= 0.3 is 0 Å². The minimum atomic E-state index is -0.465. The molecular formula is C11H13F2N. The van der Waals surface area contributed by atoms with E-state index in [1.807, 2.05) is 0 Å². The molecule has 14 heavy (non-hydrogen) atoms. The zero-order chi connectivity index (χ0) is 10.3. The molecule has 2 atom stereocenters. The molecule has 0 bridgehead atoms. The third-order valence-corrected chi connectivity index (χ3v) is 3.02. The topological polar surface area (TPSA) is 26.0 Å². The van der Waals surface area contributed by atoms with Crippen molar-refractivity contribution in [2.75, 3.05) is 0 Å². The van der Waals surface area contributed by atoms with Crippen molar-refractivity contribution in [2.24, 2.45) is 5.73 Å². The summed E-state index contributed by atoms with van der Waals surface area (Å²) in [5, 5.41) is 0. The Labute approximate surface area is 81.9 Å². The molecule has 0 amide bonds. The molecule has 1 saturated carbocycles. The second-order valence-corrected chi connectivity index (χ2v) is 3.94. The lowest BCUT2D eigenvalue weighted by Gasteiger charge is -2.34. The van der Waals surface area contributed by atoms with Crippen LogP contribution < -0.4 is 5.73 Å². The molecule has 1 aliphatic rings. The molecular weight excluding hydrogens is 184 g/mol. The van der Waals surface area contributed by atoms with Gasteiger partial charge in [0.15, 0.2) is 0 Å². The fourth-order valence-electron chi connectivity index (χ4n) is 1.90. The Balaban J connectivity index is 2.45. The Morgan fingerprint density at radius 2 is 2.00 bits per heavy atom. The van der Waals surface area contributed by atoms with Crippen molar-refractivity contribution in [3.8, 4) is 0 Å². The van der Waals surface area contributed by atoms with Gasteiger partial charge in [0.1, 0.15) is 11.6 Å². The maximum atomic E-state index is 13.6. The molecule has 0 aliphatic heterocycles. The quantitative estimate of drug-likeness (QED) is 0.735. The molecule has 1 aliphatic carbocycles. The van der Waals surface area contributed by atoms with Gasteiger partial charge in [0.25, 0.3) is 0 Å². The van der Waals surface area contributed by atoms with Crippen LogP contribution in [0.4, 0.5) is 8.78 Å². The molecule has 0 heterocycles. The Bertz CT molecular complexity index is 363. The summed E-state index contributed by atoms with van der Waals surface area (Å²) in [6.07, 6.45) is 1.65. The fraction of sp³-hybridized carbons (Fsp3) is 0.455. The van der Waals surface area contributed by atoms with E-state index in [2.05, 4.69) is 0 Å². The summed E-state index contributed by atoms with van der Waals surface area (Å²) in [5.41, 5.74) is 6.38. The average molecular weight is 197 g/mol. The van der Waals surface area contributed by atoms with Crippen molar-refractivity contribution in [3.05, 3.63) is 34.9 Å². The lowest BCUT2D eigenvalue weighted by atomic mass is 9.75. The van der Waals surface area contributed by atoms with Crippen molar-refractivity contribution < 1.29 is 8.78 Å². The third-order valence-electron chi connectivity index (χ3n) is 3.02. The van der Waals surface area contributed by atoms with E-state index < -0.39 is 11.6 Å². The first-order valence-corrected chi connectivity index (χ1v) is 4.81. The zero-order valence-corrected chi connectivity index (χ0v) is 8.06. The third kappa shape index (κ3) is 1.32. The van der Waals surface area contributed by atoms with Crippen molar-refractivity contribution in [3.63, 3.8) is 0 Å². The molecule has 2 N–H and O–H groups in total. The molecule has 1 nitrogen and oxygen atoms in total. The standard InChI is InChI=1S/C11H13F2N/c1-6-2-4-8(12)10(11(6)13)7-3-5-9(7)14/h2,4,7,9H,3,5,14H2,1H3. The molecule has 1 aromatic rings. The summed E-state index contributed by atoms with van der Waals surface area (Å²) in [6, 6.07) is 2.69. The summed E-state index contributed by atoms with van der Waals surface area (Å²) >= 11 is 0. The normalized spacial score (nSPS) is 26.0. The van der Waals surface area contributed by atoms with Crippen LogP contribution >= 0.6 is 0 Å². The van der Waals surface area contributed by atoms with Gasteiger partial charge in [0.05, 0.1) is 0 Å². The first kappa shape index (κ1) is 9.59. The Hall–Kier alpha value is -0.960. The number of nitrogens with two attached hydrogens (primary N) is 1. The van der Waals surface area contributed by atoms with E-state index in [1.54, 1.807) is 6.92 Å². The van der Waals surface area contributed by atoms with Gasteiger partial charge in [0, 0.05) is 17.5 Å². The van der Waals surface area contributed by atoms with E-state index in [9.17, 15) is 8.78 Å². The molecule has 1 aromatic carbocycles. The highest BCUT2D eigenvalue weighted by Gasteiger charge is 2.33. The van der Waals surface area contributed by atoms with Gasteiger partial charge in [0.2, 0.25) is 0 Å². The zero-order valence-electron chi connectivity index (χ0n) is 8.06. The number of aryl methyl sites for hydroxylation is 1. The molecule has 2 rings (SSSR count). The van der Waals surface area contributed by atoms with E-state index in [0.717, 1.165) is 12.8 Å². The minimum absolute atomic E-state index is 0.0826. The van der Waals surface area contributed by atoms with Gasteiger partial charge in [-0.1, -0.05) is 6.07 Å². The van der Waals surface area contributed by atoms with E-state index in [-0.39, 0.29) is 17.5 Å². The maximum Gasteiger partial charge on any atom is 0.132 e. The average Bonchev–Trinajstić information content (AvgIpc) is 2.16. The Kier molecular flexibility index (Phi) is 2.27. The van der Waals surface area contributed by atoms with E-state index in [1.165, 1.54) is 12.1 Å². The van der Waals surface area contributed by atoms with Crippen LogP contribution in [0.5, 0.6) is 0 Å². The molecule has 3 heteroatoms. The van der Waals surface area contributed by atoms with Gasteiger partial charge in [-0.2, -0.15) is 0 Å². The molecule has 0 spiro atoms. The van der Waals surface area contributed by atoms with Crippen molar-refractivity contribution in [2.45, 2.75) is 31.7 Å². The lowest BCUT2D eigenvalue weighted by Crippen LogP contribution is -2.38. The summed E-state index contributed by atoms with van der Waals surface area (Å²) in [4.78, 5) is 0. The summed E-state index contributed by atoms with van der Waals surface area (Å²) in [6.45, 7) is 1.64. The van der Waals surface area contributed by atoms with Crippen molar-refractivity contribution in [1.82, 2.24) is 0 Å². The second-order valence-electron chi connectivity index (χ2n) is 3.94. The van der Waals surface area contributed by atoms with Crippen molar-refractivity contribution >= 4 is 0 Å². The molecule has 0 aromatic heterocycles. The summed E-state index contributed by atoms with van der Waals surface area (Å²) in [5.74, 6) is -1.02. The number of benzene rings is 1. The molecule has 1 fully saturated rings. The highest BCUT2D eigenvalue weighted by atomic mass is 19.1. The number of hydrogen-bond acceptors (Lipinski definition) is 1. The van der Waals surface area contributed by atoms with Crippen molar-refractivity contribution in [1.29, 1.82) is 0 Å². The Morgan fingerprint density at radius 3 is 2.50 bits per heavy atom. The highest BCUT2D eigenvalue weighted by molar-refractivity contribution is 5.32. The fourth-order valence-corrected chi connectivity index (χ4v) is 1.90. The van der Waals surface area contributed by atoms with Gasteiger partial charge in [-0.05, 0) is 31.4 Å². The van der Waals surface area contributed by atoms with Crippen LogP contribution in [0.25, 0.3) is 0 Å². The van der Waals surface area contributed by atoms with Crippen LogP contribution in [-0.2, 0) is 0 Å². The number of rotatable bonds is 1. The summed E-state index contributed by atoms with van der Waals surface area (Å²) in [7, 11) is 0. The van der Waals surface area contributed by atoms with Crippen LogP contribution in [0.2, 0.25) is 0 Å². The van der Waals surface area contributed by atoms with Gasteiger partial charge in [-0.25, -0.2) is 8.78 Å². The van der Waals surface area contributed by atoms with Gasteiger partial charge < -0.3 is 5.73 Å². The minimum Gasteiger partial charge on any atom is -0.327 e. The van der Waals surface area contributed by atoms with Crippen LogP contribution in [0.1, 0.15) is 29.9 Å². The number of halogens is 2. The lowest BCUT2D eigenvalue weighted by molar-refractivity contribution is 0.325. The molecule has 0 saturated heterocycles. The van der Waals surface area contributed by atoms with Crippen LogP contribution in [0.15, 0.2) is 12.1 Å². The molecule has 0 radical (unpaired) electrons. The summed E-state index contributed by atoms with van der Waals surface area (Å²) < 4.78 is 27.0. The van der Waals surface area contributed by atoms with Gasteiger partial charge in [-0.15, -0.1) is 0 Å². The first-order chi connectivity index (χ1) is 6.61. The predicted octanol–water partition coefficient (Wildman–Crippen LogP) is 2.48. The van der Waals surface area contributed by atoms with E-state index in [4.69, 9.17) is 5.73 Å². The largest absolute Gasteiger partial charge is 0.327 e. The first-order valence-electron chi connectivity index (χ1n) is 4.81. The van der Waals surface area contributed by atoms with Gasteiger partial charge in [-0.3, -0.25) is 0 Å². The SMILES string of the molecule is Cc1ccc(F)c(C2CCC2N)c1F. The Morgan fingerprint density at radius 1 is 1.29 bits per heavy atom. The van der Waals surface area contributed by atoms with Crippen LogP contribution in [0, 0.1) is 18.6 Å². The maximum absolute atomic E-state index is 13.6. The monoisotopic (exact) mass is 197 g/mol.